The Labute approximate surface area is 149 Å². The minimum absolute atomic E-state index is 0.0730. The van der Waals surface area contributed by atoms with Crippen LogP contribution in [0, 0.1) is 6.92 Å². The third-order valence-corrected chi connectivity index (χ3v) is 3.80. The summed E-state index contributed by atoms with van der Waals surface area (Å²) in [7, 11) is 0. The number of anilines is 1. The second-order valence-corrected chi connectivity index (χ2v) is 5.89. The molecule has 3 N–H and O–H groups in total. The van der Waals surface area contributed by atoms with Crippen molar-refractivity contribution in [3.8, 4) is 5.75 Å². The molecular formula is C19H17N3O4. The van der Waals surface area contributed by atoms with Crippen molar-refractivity contribution < 1.29 is 19.5 Å². The van der Waals surface area contributed by atoms with E-state index in [1.165, 1.54) is 18.2 Å². The Kier molecular flexibility index (Phi) is 4.70. The number of hydrogen-bond donors (Lipinski definition) is 3. The van der Waals surface area contributed by atoms with Crippen LogP contribution in [0.1, 0.15) is 11.1 Å². The van der Waals surface area contributed by atoms with Gasteiger partial charge in [-0.1, -0.05) is 29.8 Å². The third kappa shape index (κ3) is 3.89. The highest BCUT2D eigenvalue weighted by Crippen LogP contribution is 2.16. The zero-order chi connectivity index (χ0) is 18.7. The molecule has 1 fully saturated rings. The lowest BCUT2D eigenvalue weighted by Crippen LogP contribution is -2.38. The van der Waals surface area contributed by atoms with Crippen molar-refractivity contribution in [2.75, 3.05) is 11.9 Å². The van der Waals surface area contributed by atoms with Gasteiger partial charge in [0.1, 0.15) is 18.0 Å². The molecule has 1 aliphatic rings. The van der Waals surface area contributed by atoms with Crippen LogP contribution in [-0.4, -0.2) is 34.4 Å². The molecule has 0 atom stereocenters. The molecule has 0 aromatic heterocycles. The third-order valence-electron chi connectivity index (χ3n) is 3.80. The van der Waals surface area contributed by atoms with Crippen molar-refractivity contribution in [2.45, 2.75) is 6.92 Å². The number of urea groups is 1. The number of nitrogens with one attached hydrogen (secondary N) is 2. The number of amides is 4. The van der Waals surface area contributed by atoms with Crippen molar-refractivity contribution >= 4 is 29.6 Å². The van der Waals surface area contributed by atoms with Crippen molar-refractivity contribution in [1.82, 2.24) is 10.2 Å². The quantitative estimate of drug-likeness (QED) is 0.581. The van der Waals surface area contributed by atoms with Crippen molar-refractivity contribution in [2.24, 2.45) is 0 Å². The molecule has 1 heterocycles. The van der Waals surface area contributed by atoms with E-state index in [0.717, 1.165) is 10.5 Å². The Balaban J connectivity index is 1.67. The smallest absolute Gasteiger partial charge is 0.329 e. The predicted octanol–water partition coefficient (Wildman–Crippen LogP) is 2.23. The number of nitrogens with zero attached hydrogens (tertiary/aromatic N) is 1. The van der Waals surface area contributed by atoms with E-state index in [9.17, 15) is 19.5 Å². The first kappa shape index (κ1) is 17.2. The highest BCUT2D eigenvalue weighted by atomic mass is 16.3. The maximum Gasteiger partial charge on any atom is 0.329 e. The van der Waals surface area contributed by atoms with Gasteiger partial charge < -0.3 is 15.7 Å². The molecule has 2 aromatic carbocycles. The zero-order valence-corrected chi connectivity index (χ0v) is 14.0. The number of aryl methyl sites for hydroxylation is 1. The van der Waals surface area contributed by atoms with Crippen molar-refractivity contribution in [3.05, 3.63) is 65.4 Å². The topological polar surface area (TPSA) is 98.7 Å². The van der Waals surface area contributed by atoms with Gasteiger partial charge in [0, 0.05) is 5.69 Å². The number of carbonyl (C=O) groups is 3. The molecule has 1 saturated heterocycles. The molecule has 0 spiro atoms. The van der Waals surface area contributed by atoms with Crippen LogP contribution in [0.25, 0.3) is 6.08 Å². The maximum atomic E-state index is 12.4. The van der Waals surface area contributed by atoms with Crippen LogP contribution in [0.2, 0.25) is 0 Å². The molecule has 4 amide bonds. The van der Waals surface area contributed by atoms with E-state index >= 15 is 0 Å². The van der Waals surface area contributed by atoms with Crippen LogP contribution in [0.4, 0.5) is 10.5 Å². The fourth-order valence-corrected chi connectivity index (χ4v) is 2.43. The molecule has 2 aromatic rings. The van der Waals surface area contributed by atoms with Gasteiger partial charge in [-0.25, -0.2) is 9.69 Å². The summed E-state index contributed by atoms with van der Waals surface area (Å²) in [6, 6.07) is 12.7. The molecular weight excluding hydrogens is 334 g/mol. The number of carbonyl (C=O) groups excluding carboxylic acids is 3. The standard InChI is InChI=1S/C19H17N3O4/c1-12-2-6-14(7-3-12)20-17(24)11-22-18(25)16(21-19(22)26)10-13-4-8-15(23)9-5-13/h2-10,23H,11H2,1H3,(H,20,24)(H,21,26)/b16-10+. The first-order valence-corrected chi connectivity index (χ1v) is 7.92. The minimum atomic E-state index is -0.654. The SMILES string of the molecule is Cc1ccc(NC(=O)CN2C(=O)N/C(=C/c3ccc(O)cc3)C2=O)cc1. The number of benzene rings is 2. The molecule has 3 rings (SSSR count). The van der Waals surface area contributed by atoms with E-state index in [-0.39, 0.29) is 18.0 Å². The van der Waals surface area contributed by atoms with Crippen LogP contribution in [-0.2, 0) is 9.59 Å². The van der Waals surface area contributed by atoms with Gasteiger partial charge in [-0.15, -0.1) is 0 Å². The lowest BCUT2D eigenvalue weighted by molar-refractivity contribution is -0.127. The Morgan fingerprint density at radius 3 is 2.42 bits per heavy atom. The Morgan fingerprint density at radius 1 is 1.12 bits per heavy atom. The largest absolute Gasteiger partial charge is 0.508 e. The van der Waals surface area contributed by atoms with Gasteiger partial charge >= 0.3 is 6.03 Å². The molecule has 0 aliphatic carbocycles. The number of rotatable bonds is 4. The van der Waals surface area contributed by atoms with Crippen LogP contribution >= 0.6 is 0 Å². The molecule has 26 heavy (non-hydrogen) atoms. The Bertz CT molecular complexity index is 886. The van der Waals surface area contributed by atoms with Gasteiger partial charge in [0.05, 0.1) is 0 Å². The van der Waals surface area contributed by atoms with Gasteiger partial charge in [0.25, 0.3) is 5.91 Å². The fraction of sp³-hybridized carbons (Fsp3) is 0.105. The Hall–Kier alpha value is -3.61. The van der Waals surface area contributed by atoms with Crippen LogP contribution in [0.5, 0.6) is 5.75 Å². The van der Waals surface area contributed by atoms with Crippen LogP contribution < -0.4 is 10.6 Å². The molecule has 132 valence electrons. The average molecular weight is 351 g/mol. The van der Waals surface area contributed by atoms with E-state index in [4.69, 9.17) is 0 Å². The number of phenols is 1. The minimum Gasteiger partial charge on any atom is -0.508 e. The average Bonchev–Trinajstić information content (AvgIpc) is 2.86. The van der Waals surface area contributed by atoms with Crippen LogP contribution in [0.3, 0.4) is 0 Å². The molecule has 0 radical (unpaired) electrons. The predicted molar refractivity (Wildman–Crippen MR) is 96.1 cm³/mol. The van der Waals surface area contributed by atoms with E-state index in [1.807, 2.05) is 19.1 Å². The van der Waals surface area contributed by atoms with E-state index in [0.29, 0.717) is 11.3 Å². The number of aromatic hydroxyl groups is 1. The zero-order valence-electron chi connectivity index (χ0n) is 14.0. The summed E-state index contributed by atoms with van der Waals surface area (Å²) < 4.78 is 0. The first-order valence-electron chi connectivity index (χ1n) is 7.92. The highest BCUT2D eigenvalue weighted by molar-refractivity contribution is 6.15. The Morgan fingerprint density at radius 2 is 1.77 bits per heavy atom. The van der Waals surface area contributed by atoms with Crippen molar-refractivity contribution in [3.63, 3.8) is 0 Å². The summed E-state index contributed by atoms with van der Waals surface area (Å²) in [6.07, 6.45) is 1.48. The van der Waals surface area contributed by atoms with Gasteiger partial charge in [-0.3, -0.25) is 9.59 Å². The van der Waals surface area contributed by atoms with Gasteiger partial charge in [-0.2, -0.15) is 0 Å². The van der Waals surface area contributed by atoms with Gasteiger partial charge in [-0.05, 0) is 42.8 Å². The van der Waals surface area contributed by atoms with E-state index in [1.54, 1.807) is 24.3 Å². The molecule has 0 unspecified atom stereocenters. The summed E-state index contributed by atoms with van der Waals surface area (Å²) >= 11 is 0. The summed E-state index contributed by atoms with van der Waals surface area (Å²) in [6.45, 7) is 1.55. The summed E-state index contributed by atoms with van der Waals surface area (Å²) in [5.41, 5.74) is 2.36. The molecule has 1 aliphatic heterocycles. The normalized spacial score (nSPS) is 15.3. The van der Waals surface area contributed by atoms with Gasteiger partial charge in [0.15, 0.2) is 0 Å². The number of phenolic OH excluding ortho intramolecular Hbond substituents is 1. The second kappa shape index (κ2) is 7.10. The number of hydrogen-bond acceptors (Lipinski definition) is 4. The lowest BCUT2D eigenvalue weighted by Gasteiger charge is -2.12. The summed E-state index contributed by atoms with van der Waals surface area (Å²) in [5, 5.41) is 14.4. The summed E-state index contributed by atoms with van der Waals surface area (Å²) in [4.78, 5) is 37.3. The number of imide groups is 1. The van der Waals surface area contributed by atoms with Gasteiger partial charge in [0.2, 0.25) is 5.91 Å². The van der Waals surface area contributed by atoms with Crippen LogP contribution in [0.15, 0.2) is 54.2 Å². The second-order valence-electron chi connectivity index (χ2n) is 5.89. The monoisotopic (exact) mass is 351 g/mol. The highest BCUT2D eigenvalue weighted by Gasteiger charge is 2.34. The maximum absolute atomic E-state index is 12.4. The lowest BCUT2D eigenvalue weighted by atomic mass is 10.2. The fourth-order valence-electron chi connectivity index (χ4n) is 2.43. The first-order chi connectivity index (χ1) is 12.4. The van der Waals surface area contributed by atoms with E-state index in [2.05, 4.69) is 10.6 Å². The van der Waals surface area contributed by atoms with Crippen molar-refractivity contribution in [1.29, 1.82) is 0 Å². The molecule has 0 saturated carbocycles. The molecule has 7 heteroatoms. The summed E-state index contributed by atoms with van der Waals surface area (Å²) in [5.74, 6) is -0.950. The molecule has 7 nitrogen and oxygen atoms in total. The molecule has 0 bridgehead atoms. The van der Waals surface area contributed by atoms with E-state index < -0.39 is 17.8 Å².